The Balaban J connectivity index is 1.39. The molecule has 2 aromatic rings. The van der Waals surface area contributed by atoms with Crippen molar-refractivity contribution in [3.8, 4) is 11.5 Å². The van der Waals surface area contributed by atoms with E-state index in [0.717, 1.165) is 47.6 Å². The second-order valence-corrected chi connectivity index (χ2v) is 8.24. The van der Waals surface area contributed by atoms with Crippen molar-refractivity contribution in [1.82, 2.24) is 9.80 Å². The van der Waals surface area contributed by atoms with Gasteiger partial charge in [0, 0.05) is 19.7 Å². The molecule has 31 heavy (non-hydrogen) atoms. The Kier molecular flexibility index (Phi) is 5.14. The highest BCUT2D eigenvalue weighted by atomic mass is 16.6. The first-order chi connectivity index (χ1) is 15.1. The van der Waals surface area contributed by atoms with Crippen LogP contribution in [0.5, 0.6) is 11.5 Å². The number of carbonyl (C=O) groups is 2. The van der Waals surface area contributed by atoms with Crippen molar-refractivity contribution in [1.29, 1.82) is 0 Å². The molecule has 160 valence electrons. The fourth-order valence-electron chi connectivity index (χ4n) is 4.87. The quantitative estimate of drug-likeness (QED) is 0.754. The van der Waals surface area contributed by atoms with E-state index in [-0.39, 0.29) is 30.3 Å². The number of rotatable bonds is 3. The highest BCUT2D eigenvalue weighted by Gasteiger charge is 2.35. The van der Waals surface area contributed by atoms with Gasteiger partial charge in [0.1, 0.15) is 13.2 Å². The minimum atomic E-state index is -0.285. The third-order valence-electron chi connectivity index (χ3n) is 6.36. The first-order valence-corrected chi connectivity index (χ1v) is 10.9. The summed E-state index contributed by atoms with van der Waals surface area (Å²) in [5.74, 6) is 1.51. The van der Waals surface area contributed by atoms with Gasteiger partial charge in [0.15, 0.2) is 11.5 Å². The summed E-state index contributed by atoms with van der Waals surface area (Å²) >= 11 is 0. The number of nitrogens with zero attached hydrogens (tertiary/aromatic N) is 2. The van der Waals surface area contributed by atoms with Crippen LogP contribution in [-0.2, 0) is 9.59 Å². The molecular formula is C25H26N2O4. The van der Waals surface area contributed by atoms with E-state index in [2.05, 4.69) is 0 Å². The topological polar surface area (TPSA) is 59.1 Å². The molecule has 6 nitrogen and oxygen atoms in total. The van der Waals surface area contributed by atoms with Crippen LogP contribution in [0.1, 0.15) is 55.0 Å². The highest BCUT2D eigenvalue weighted by molar-refractivity contribution is 5.82. The van der Waals surface area contributed by atoms with Crippen LogP contribution in [-0.4, -0.2) is 41.4 Å². The summed E-state index contributed by atoms with van der Waals surface area (Å²) in [4.78, 5) is 29.4. The van der Waals surface area contributed by atoms with Crippen molar-refractivity contribution in [2.75, 3.05) is 19.8 Å². The summed E-state index contributed by atoms with van der Waals surface area (Å²) < 4.78 is 11.4. The van der Waals surface area contributed by atoms with Crippen LogP contribution in [0.15, 0.2) is 48.7 Å². The molecule has 2 amide bonds. The molecule has 0 spiro atoms. The predicted molar refractivity (Wildman–Crippen MR) is 116 cm³/mol. The van der Waals surface area contributed by atoms with Crippen LogP contribution in [0.2, 0.25) is 0 Å². The number of fused-ring (bicyclic) bond motifs is 2. The van der Waals surface area contributed by atoms with Gasteiger partial charge in [-0.15, -0.1) is 0 Å². The number of likely N-dealkylation sites (tertiary alicyclic amines) is 1. The Morgan fingerprint density at radius 3 is 2.71 bits per heavy atom. The van der Waals surface area contributed by atoms with Gasteiger partial charge in [-0.05, 0) is 47.7 Å². The number of hydrogen-bond donors (Lipinski definition) is 0. The lowest BCUT2D eigenvalue weighted by Crippen LogP contribution is -2.37. The molecule has 0 aliphatic carbocycles. The van der Waals surface area contributed by atoms with Crippen LogP contribution >= 0.6 is 0 Å². The molecule has 3 aliphatic heterocycles. The van der Waals surface area contributed by atoms with Crippen LogP contribution < -0.4 is 9.47 Å². The monoisotopic (exact) mass is 418 g/mol. The number of hydrogen-bond acceptors (Lipinski definition) is 4. The minimum Gasteiger partial charge on any atom is -0.486 e. The zero-order chi connectivity index (χ0) is 21.4. The average molecular weight is 418 g/mol. The Labute approximate surface area is 182 Å². The van der Waals surface area contributed by atoms with Crippen LogP contribution in [0.25, 0.3) is 6.08 Å². The van der Waals surface area contributed by atoms with E-state index in [1.54, 1.807) is 18.0 Å². The Bertz CT molecular complexity index is 1050. The molecule has 3 heterocycles. The van der Waals surface area contributed by atoms with E-state index in [9.17, 15) is 9.59 Å². The zero-order valence-corrected chi connectivity index (χ0v) is 17.6. The average Bonchev–Trinajstić information content (AvgIpc) is 3.29. The molecule has 3 aliphatic rings. The smallest absolute Gasteiger partial charge is 0.225 e. The van der Waals surface area contributed by atoms with Crippen molar-refractivity contribution in [2.24, 2.45) is 0 Å². The molecule has 1 saturated heterocycles. The van der Waals surface area contributed by atoms with Gasteiger partial charge < -0.3 is 19.3 Å². The second kappa shape index (κ2) is 8.10. The van der Waals surface area contributed by atoms with E-state index in [4.69, 9.17) is 9.47 Å². The maximum Gasteiger partial charge on any atom is 0.225 e. The van der Waals surface area contributed by atoms with Crippen molar-refractivity contribution >= 4 is 17.9 Å². The number of amides is 2. The van der Waals surface area contributed by atoms with Crippen LogP contribution in [0.3, 0.4) is 0 Å². The Morgan fingerprint density at radius 1 is 1.06 bits per heavy atom. The SMILES string of the molecule is CC(=O)N1C=Cc2ccccc2C1CC(=O)N1CCCC1c1ccc2c(c1)OCCO2. The summed E-state index contributed by atoms with van der Waals surface area (Å²) in [5.41, 5.74) is 3.15. The van der Waals surface area contributed by atoms with E-state index in [1.165, 1.54) is 0 Å². The fraction of sp³-hybridized carbons (Fsp3) is 0.360. The molecular weight excluding hydrogens is 392 g/mol. The molecule has 0 saturated carbocycles. The van der Waals surface area contributed by atoms with E-state index in [1.807, 2.05) is 53.4 Å². The van der Waals surface area contributed by atoms with Crippen molar-refractivity contribution in [3.05, 3.63) is 65.4 Å². The molecule has 0 bridgehead atoms. The van der Waals surface area contributed by atoms with Gasteiger partial charge in [0.2, 0.25) is 11.8 Å². The third kappa shape index (κ3) is 3.67. The maximum atomic E-state index is 13.5. The van der Waals surface area contributed by atoms with Gasteiger partial charge in [0.25, 0.3) is 0 Å². The summed E-state index contributed by atoms with van der Waals surface area (Å²) in [6.45, 7) is 3.37. The maximum absolute atomic E-state index is 13.5. The summed E-state index contributed by atoms with van der Waals surface area (Å²) in [6, 6.07) is 13.7. The van der Waals surface area contributed by atoms with E-state index in [0.29, 0.717) is 13.2 Å². The van der Waals surface area contributed by atoms with Crippen LogP contribution in [0, 0.1) is 0 Å². The molecule has 2 atom stereocenters. The Morgan fingerprint density at radius 2 is 1.87 bits per heavy atom. The van der Waals surface area contributed by atoms with Gasteiger partial charge in [-0.2, -0.15) is 0 Å². The van der Waals surface area contributed by atoms with E-state index >= 15 is 0 Å². The third-order valence-corrected chi connectivity index (χ3v) is 6.36. The lowest BCUT2D eigenvalue weighted by atomic mass is 9.93. The van der Waals surface area contributed by atoms with Crippen molar-refractivity contribution in [3.63, 3.8) is 0 Å². The standard InChI is InChI=1S/C25H26N2O4/c1-17(28)26-12-10-18-5-2-3-6-20(18)22(26)16-25(29)27-11-4-7-21(27)19-8-9-23-24(15-19)31-14-13-30-23/h2-3,5-6,8-10,12,15,21-22H,4,7,11,13-14,16H2,1H3. The molecule has 0 aromatic heterocycles. The highest BCUT2D eigenvalue weighted by Crippen LogP contribution is 2.40. The van der Waals surface area contributed by atoms with Crippen molar-refractivity contribution in [2.45, 2.75) is 38.3 Å². The lowest BCUT2D eigenvalue weighted by molar-refractivity contribution is -0.135. The first-order valence-electron chi connectivity index (χ1n) is 10.9. The molecule has 0 radical (unpaired) electrons. The second-order valence-electron chi connectivity index (χ2n) is 8.24. The summed E-state index contributed by atoms with van der Waals surface area (Å²) in [6.07, 6.45) is 5.88. The van der Waals surface area contributed by atoms with Gasteiger partial charge in [-0.3, -0.25) is 9.59 Å². The number of ether oxygens (including phenoxy) is 2. The Hall–Kier alpha value is -3.28. The normalized spacial score (nSPS) is 21.7. The lowest BCUT2D eigenvalue weighted by Gasteiger charge is -2.34. The largest absolute Gasteiger partial charge is 0.486 e. The molecule has 0 N–H and O–H groups in total. The molecule has 6 heteroatoms. The summed E-state index contributed by atoms with van der Waals surface area (Å²) in [7, 11) is 0. The molecule has 2 unspecified atom stereocenters. The van der Waals surface area contributed by atoms with Gasteiger partial charge >= 0.3 is 0 Å². The minimum absolute atomic E-state index is 0.0171. The first kappa shape index (κ1) is 19.7. The fourth-order valence-corrected chi connectivity index (χ4v) is 4.87. The van der Waals surface area contributed by atoms with Gasteiger partial charge in [-0.25, -0.2) is 0 Å². The van der Waals surface area contributed by atoms with Gasteiger partial charge in [0.05, 0.1) is 18.5 Å². The van der Waals surface area contributed by atoms with Crippen LogP contribution in [0.4, 0.5) is 0 Å². The van der Waals surface area contributed by atoms with Crippen molar-refractivity contribution < 1.29 is 19.1 Å². The number of carbonyl (C=O) groups excluding carboxylic acids is 2. The molecule has 2 aromatic carbocycles. The van der Waals surface area contributed by atoms with Gasteiger partial charge in [-0.1, -0.05) is 30.3 Å². The molecule has 5 rings (SSSR count). The number of benzene rings is 2. The summed E-state index contributed by atoms with van der Waals surface area (Å²) in [5, 5.41) is 0. The van der Waals surface area contributed by atoms with E-state index < -0.39 is 0 Å². The molecule has 1 fully saturated rings. The predicted octanol–water partition coefficient (Wildman–Crippen LogP) is 4.09. The zero-order valence-electron chi connectivity index (χ0n) is 17.6.